The van der Waals surface area contributed by atoms with E-state index in [0.29, 0.717) is 12.2 Å². The molecular formula is C10H13NaO2. The van der Waals surface area contributed by atoms with Crippen LogP contribution >= 0.6 is 0 Å². The van der Waals surface area contributed by atoms with Crippen LogP contribution < -0.4 is 4.74 Å². The van der Waals surface area contributed by atoms with E-state index in [-0.39, 0.29) is 35.5 Å². The summed E-state index contributed by atoms with van der Waals surface area (Å²) in [6, 6.07) is 9.11. The molecule has 0 heterocycles. The maximum atomic E-state index is 11.0. The first-order valence-corrected chi connectivity index (χ1v) is 4.08. The zero-order valence-corrected chi connectivity index (χ0v) is 7.12. The molecule has 1 aromatic rings. The summed E-state index contributed by atoms with van der Waals surface area (Å²) < 4.78 is 5.02. The van der Waals surface area contributed by atoms with E-state index < -0.39 is 0 Å². The Balaban J connectivity index is 0.00000144. The van der Waals surface area contributed by atoms with Gasteiger partial charge in [-0.2, -0.15) is 0 Å². The van der Waals surface area contributed by atoms with E-state index in [9.17, 15) is 4.79 Å². The Kier molecular flexibility index (Phi) is 6.96. The van der Waals surface area contributed by atoms with E-state index in [1.807, 2.05) is 25.1 Å². The van der Waals surface area contributed by atoms with Crippen LogP contribution in [0.15, 0.2) is 30.3 Å². The molecule has 0 aliphatic rings. The van der Waals surface area contributed by atoms with Crippen molar-refractivity contribution in [1.82, 2.24) is 0 Å². The number of carbonyl (C=O) groups excluding carboxylic acids is 1. The number of hydrogen-bond acceptors (Lipinski definition) is 2. The van der Waals surface area contributed by atoms with Gasteiger partial charge in [0, 0.05) is 6.42 Å². The van der Waals surface area contributed by atoms with Crippen molar-refractivity contribution in [3.8, 4) is 5.75 Å². The predicted molar refractivity (Wildman–Crippen MR) is 54.1 cm³/mol. The van der Waals surface area contributed by atoms with Gasteiger partial charge in [-0.05, 0) is 18.6 Å². The molecule has 13 heavy (non-hydrogen) atoms. The van der Waals surface area contributed by atoms with Gasteiger partial charge < -0.3 is 4.74 Å². The number of carbonyl (C=O) groups is 1. The second-order valence-corrected chi connectivity index (χ2v) is 2.54. The fraction of sp³-hybridized carbons (Fsp3) is 0.300. The molecule has 0 aliphatic heterocycles. The first-order valence-electron chi connectivity index (χ1n) is 4.08. The van der Waals surface area contributed by atoms with E-state index in [0.717, 1.165) is 6.42 Å². The molecule has 3 heteroatoms. The Bertz CT molecular complexity index is 246. The van der Waals surface area contributed by atoms with E-state index in [4.69, 9.17) is 4.74 Å². The van der Waals surface area contributed by atoms with Crippen LogP contribution in [0.25, 0.3) is 0 Å². The number of benzene rings is 1. The molecule has 0 fully saturated rings. The first kappa shape index (κ1) is 12.7. The SMILES string of the molecule is CCCC(=O)Oc1ccccc1.[NaH]. The summed E-state index contributed by atoms with van der Waals surface area (Å²) in [6.07, 6.45) is 1.31. The topological polar surface area (TPSA) is 26.3 Å². The van der Waals surface area contributed by atoms with Crippen LogP contribution in [0.1, 0.15) is 19.8 Å². The van der Waals surface area contributed by atoms with Crippen LogP contribution in [0.5, 0.6) is 5.75 Å². The molecule has 0 aliphatic carbocycles. The van der Waals surface area contributed by atoms with Gasteiger partial charge in [0.05, 0.1) is 0 Å². The van der Waals surface area contributed by atoms with Gasteiger partial charge >= 0.3 is 35.5 Å². The Morgan fingerprint density at radius 3 is 2.46 bits per heavy atom. The number of ether oxygens (including phenoxy) is 1. The van der Waals surface area contributed by atoms with Crippen molar-refractivity contribution in [2.24, 2.45) is 0 Å². The van der Waals surface area contributed by atoms with Gasteiger partial charge in [-0.3, -0.25) is 4.79 Å². The van der Waals surface area contributed by atoms with Crippen molar-refractivity contribution in [2.45, 2.75) is 19.8 Å². The van der Waals surface area contributed by atoms with Crippen LogP contribution in [0.2, 0.25) is 0 Å². The number of para-hydroxylation sites is 1. The summed E-state index contributed by atoms with van der Waals surface area (Å²) in [5.41, 5.74) is 0. The monoisotopic (exact) mass is 188 g/mol. The van der Waals surface area contributed by atoms with Crippen LogP contribution in [0.4, 0.5) is 0 Å². The third kappa shape index (κ3) is 5.09. The molecular weight excluding hydrogens is 175 g/mol. The quantitative estimate of drug-likeness (QED) is 0.410. The summed E-state index contributed by atoms with van der Waals surface area (Å²) >= 11 is 0. The van der Waals surface area contributed by atoms with Crippen molar-refractivity contribution in [2.75, 3.05) is 0 Å². The number of hydrogen-bond donors (Lipinski definition) is 0. The van der Waals surface area contributed by atoms with Gasteiger partial charge in [0.15, 0.2) is 0 Å². The molecule has 0 unspecified atom stereocenters. The van der Waals surface area contributed by atoms with Crippen LogP contribution in [0.3, 0.4) is 0 Å². The van der Waals surface area contributed by atoms with Crippen molar-refractivity contribution < 1.29 is 9.53 Å². The van der Waals surface area contributed by atoms with Gasteiger partial charge in [-0.1, -0.05) is 25.1 Å². The summed E-state index contributed by atoms with van der Waals surface area (Å²) in [5.74, 6) is 0.458. The molecule has 0 amide bonds. The Morgan fingerprint density at radius 2 is 1.92 bits per heavy atom. The van der Waals surface area contributed by atoms with E-state index >= 15 is 0 Å². The molecule has 0 bridgehead atoms. The second-order valence-electron chi connectivity index (χ2n) is 2.54. The minimum atomic E-state index is -0.163. The third-order valence-electron chi connectivity index (χ3n) is 1.43. The molecule has 0 aromatic heterocycles. The zero-order chi connectivity index (χ0) is 8.81. The average Bonchev–Trinajstić information content (AvgIpc) is 2.06. The summed E-state index contributed by atoms with van der Waals surface area (Å²) in [4.78, 5) is 11.0. The summed E-state index contributed by atoms with van der Waals surface area (Å²) in [5, 5.41) is 0. The minimum absolute atomic E-state index is 0. The van der Waals surface area contributed by atoms with Crippen LogP contribution in [-0.4, -0.2) is 35.5 Å². The summed E-state index contributed by atoms with van der Waals surface area (Å²) in [7, 11) is 0. The van der Waals surface area contributed by atoms with Crippen molar-refractivity contribution in [1.29, 1.82) is 0 Å². The van der Waals surface area contributed by atoms with E-state index in [1.165, 1.54) is 0 Å². The van der Waals surface area contributed by atoms with Gasteiger partial charge in [-0.15, -0.1) is 0 Å². The number of rotatable bonds is 3. The molecule has 0 saturated carbocycles. The third-order valence-corrected chi connectivity index (χ3v) is 1.43. The average molecular weight is 188 g/mol. The van der Waals surface area contributed by atoms with Crippen molar-refractivity contribution in [3.05, 3.63) is 30.3 Å². The van der Waals surface area contributed by atoms with Gasteiger partial charge in [0.2, 0.25) is 0 Å². The normalized spacial score (nSPS) is 8.69. The molecule has 66 valence electrons. The Hall–Kier alpha value is -0.310. The molecule has 0 N–H and O–H groups in total. The van der Waals surface area contributed by atoms with E-state index in [1.54, 1.807) is 12.1 Å². The van der Waals surface area contributed by atoms with Gasteiger partial charge in [0.1, 0.15) is 5.75 Å². The number of esters is 1. The van der Waals surface area contributed by atoms with Gasteiger partial charge in [-0.25, -0.2) is 0 Å². The van der Waals surface area contributed by atoms with Crippen LogP contribution in [0, 0.1) is 0 Å². The fourth-order valence-corrected chi connectivity index (χ4v) is 0.875. The maximum absolute atomic E-state index is 11.0. The molecule has 0 spiro atoms. The molecule has 0 atom stereocenters. The molecule has 2 nitrogen and oxygen atoms in total. The predicted octanol–water partition coefficient (Wildman–Crippen LogP) is 1.74. The second kappa shape index (κ2) is 7.13. The standard InChI is InChI=1S/C10H12O2.Na.H/c1-2-6-10(11)12-9-7-4-3-5-8-9;;/h3-5,7-8H,2,6H2,1H3;;. The molecule has 1 rings (SSSR count). The molecule has 0 radical (unpaired) electrons. The Morgan fingerprint density at radius 1 is 1.31 bits per heavy atom. The first-order chi connectivity index (χ1) is 5.83. The van der Waals surface area contributed by atoms with E-state index in [2.05, 4.69) is 0 Å². The van der Waals surface area contributed by atoms with Crippen molar-refractivity contribution >= 4 is 35.5 Å². The van der Waals surface area contributed by atoms with Crippen molar-refractivity contribution in [3.63, 3.8) is 0 Å². The molecule has 0 saturated heterocycles. The molecule has 1 aromatic carbocycles. The van der Waals surface area contributed by atoms with Gasteiger partial charge in [0.25, 0.3) is 0 Å². The van der Waals surface area contributed by atoms with Crippen LogP contribution in [-0.2, 0) is 4.79 Å². The fourth-order valence-electron chi connectivity index (χ4n) is 0.875. The Labute approximate surface area is 101 Å². The zero-order valence-electron chi connectivity index (χ0n) is 7.12. The summed E-state index contributed by atoms with van der Waals surface area (Å²) in [6.45, 7) is 1.95.